The Morgan fingerprint density at radius 1 is 1.40 bits per heavy atom. The number of carbonyl (C=O) groups is 1. The fourth-order valence-electron chi connectivity index (χ4n) is 1.27. The molecule has 0 fully saturated rings. The van der Waals surface area contributed by atoms with E-state index in [9.17, 15) is 4.79 Å². The summed E-state index contributed by atoms with van der Waals surface area (Å²) in [6.07, 6.45) is 2.72. The van der Waals surface area contributed by atoms with Gasteiger partial charge < -0.3 is 15.3 Å². The second-order valence-corrected chi connectivity index (χ2v) is 4.43. The maximum absolute atomic E-state index is 11.0. The standard InChI is InChI=1S/C11H24N2O2/c1-5-11(2,10(14)15)12-8-6-7-9-13(3)4/h12H,5-9H2,1-4H3,(H,14,15). The zero-order valence-corrected chi connectivity index (χ0v) is 10.3. The van der Waals surface area contributed by atoms with Crippen molar-refractivity contribution in [3.05, 3.63) is 0 Å². The second kappa shape index (κ2) is 6.80. The molecule has 0 aromatic carbocycles. The molecule has 90 valence electrons. The van der Waals surface area contributed by atoms with E-state index in [1.54, 1.807) is 6.92 Å². The number of carboxylic acids is 1. The summed E-state index contributed by atoms with van der Waals surface area (Å²) in [5, 5.41) is 12.1. The largest absolute Gasteiger partial charge is 0.480 e. The van der Waals surface area contributed by atoms with E-state index in [4.69, 9.17) is 5.11 Å². The summed E-state index contributed by atoms with van der Waals surface area (Å²) >= 11 is 0. The van der Waals surface area contributed by atoms with Gasteiger partial charge in [0.15, 0.2) is 0 Å². The van der Waals surface area contributed by atoms with E-state index in [-0.39, 0.29) is 0 Å². The van der Waals surface area contributed by atoms with Crippen LogP contribution in [-0.2, 0) is 4.79 Å². The molecule has 0 saturated heterocycles. The summed E-state index contributed by atoms with van der Waals surface area (Å²) in [6, 6.07) is 0. The van der Waals surface area contributed by atoms with Crippen LogP contribution in [0.1, 0.15) is 33.1 Å². The van der Waals surface area contributed by atoms with Gasteiger partial charge in [0.05, 0.1) is 0 Å². The predicted molar refractivity (Wildman–Crippen MR) is 62.1 cm³/mol. The number of rotatable bonds is 8. The van der Waals surface area contributed by atoms with Crippen LogP contribution in [-0.4, -0.2) is 48.7 Å². The summed E-state index contributed by atoms with van der Waals surface area (Å²) in [4.78, 5) is 13.1. The first kappa shape index (κ1) is 14.4. The molecule has 1 unspecified atom stereocenters. The third-order valence-electron chi connectivity index (χ3n) is 2.73. The van der Waals surface area contributed by atoms with Gasteiger partial charge in [0.1, 0.15) is 5.54 Å². The second-order valence-electron chi connectivity index (χ2n) is 4.43. The topological polar surface area (TPSA) is 52.6 Å². The number of nitrogens with zero attached hydrogens (tertiary/aromatic N) is 1. The van der Waals surface area contributed by atoms with Crippen LogP contribution in [0.2, 0.25) is 0 Å². The first-order valence-electron chi connectivity index (χ1n) is 5.55. The molecule has 0 spiro atoms. The zero-order chi connectivity index (χ0) is 11.9. The highest BCUT2D eigenvalue weighted by Gasteiger charge is 2.29. The summed E-state index contributed by atoms with van der Waals surface area (Å²) in [7, 11) is 4.08. The van der Waals surface area contributed by atoms with Crippen LogP contribution in [0.25, 0.3) is 0 Å². The molecule has 0 amide bonds. The van der Waals surface area contributed by atoms with Crippen LogP contribution in [0.15, 0.2) is 0 Å². The molecule has 0 aromatic rings. The first-order valence-corrected chi connectivity index (χ1v) is 5.55. The summed E-state index contributed by atoms with van der Waals surface area (Å²) in [6.45, 7) is 5.45. The summed E-state index contributed by atoms with van der Waals surface area (Å²) < 4.78 is 0. The van der Waals surface area contributed by atoms with Crippen LogP contribution < -0.4 is 5.32 Å². The van der Waals surface area contributed by atoms with Crippen LogP contribution in [0.5, 0.6) is 0 Å². The Kier molecular flexibility index (Phi) is 6.52. The van der Waals surface area contributed by atoms with Gasteiger partial charge in [-0.25, -0.2) is 0 Å². The van der Waals surface area contributed by atoms with Gasteiger partial charge in [-0.2, -0.15) is 0 Å². The minimum atomic E-state index is -0.766. The van der Waals surface area contributed by atoms with Crippen molar-refractivity contribution in [2.45, 2.75) is 38.6 Å². The number of carboxylic acid groups (broad SMARTS) is 1. The maximum atomic E-state index is 11.0. The average Bonchev–Trinajstić information content (AvgIpc) is 2.16. The molecular formula is C11H24N2O2. The monoisotopic (exact) mass is 216 g/mol. The van der Waals surface area contributed by atoms with E-state index < -0.39 is 11.5 Å². The first-order chi connectivity index (χ1) is 6.92. The third-order valence-corrected chi connectivity index (χ3v) is 2.73. The van der Waals surface area contributed by atoms with E-state index in [0.29, 0.717) is 6.42 Å². The molecule has 1 atom stereocenters. The van der Waals surface area contributed by atoms with Crippen molar-refractivity contribution in [3.63, 3.8) is 0 Å². The highest BCUT2D eigenvalue weighted by atomic mass is 16.4. The molecule has 2 N–H and O–H groups in total. The van der Waals surface area contributed by atoms with Crippen molar-refractivity contribution < 1.29 is 9.90 Å². The SMILES string of the molecule is CCC(C)(NCCCCN(C)C)C(=O)O. The van der Waals surface area contributed by atoms with Crippen molar-refractivity contribution in [1.82, 2.24) is 10.2 Å². The maximum Gasteiger partial charge on any atom is 0.323 e. The van der Waals surface area contributed by atoms with Gasteiger partial charge in [-0.05, 0) is 53.4 Å². The molecule has 0 radical (unpaired) electrons. The van der Waals surface area contributed by atoms with Crippen LogP contribution >= 0.6 is 0 Å². The quantitative estimate of drug-likeness (QED) is 0.598. The lowest BCUT2D eigenvalue weighted by Gasteiger charge is -2.24. The van der Waals surface area contributed by atoms with Crippen molar-refractivity contribution in [2.75, 3.05) is 27.2 Å². The highest BCUT2D eigenvalue weighted by Crippen LogP contribution is 2.09. The lowest BCUT2D eigenvalue weighted by atomic mass is 9.99. The average molecular weight is 216 g/mol. The summed E-state index contributed by atoms with van der Waals surface area (Å²) in [5.74, 6) is -0.766. The van der Waals surface area contributed by atoms with Gasteiger partial charge in [-0.15, -0.1) is 0 Å². The third kappa shape index (κ3) is 5.74. The van der Waals surface area contributed by atoms with E-state index >= 15 is 0 Å². The Balaban J connectivity index is 3.69. The molecule has 4 nitrogen and oxygen atoms in total. The fourth-order valence-corrected chi connectivity index (χ4v) is 1.27. The van der Waals surface area contributed by atoms with Crippen LogP contribution in [0, 0.1) is 0 Å². The Labute approximate surface area is 92.7 Å². The lowest BCUT2D eigenvalue weighted by Crippen LogP contribution is -2.49. The van der Waals surface area contributed by atoms with Crippen molar-refractivity contribution in [2.24, 2.45) is 0 Å². The van der Waals surface area contributed by atoms with E-state index in [0.717, 1.165) is 25.9 Å². The van der Waals surface area contributed by atoms with Gasteiger partial charge in [-0.1, -0.05) is 6.92 Å². The Morgan fingerprint density at radius 2 is 2.00 bits per heavy atom. The zero-order valence-electron chi connectivity index (χ0n) is 10.3. The molecule has 0 rings (SSSR count). The predicted octanol–water partition coefficient (Wildman–Crippen LogP) is 1.17. The number of aliphatic carboxylic acids is 1. The molecule has 4 heteroatoms. The molecule has 0 bridgehead atoms. The molecule has 15 heavy (non-hydrogen) atoms. The van der Waals surface area contributed by atoms with Crippen molar-refractivity contribution in [1.29, 1.82) is 0 Å². The smallest absolute Gasteiger partial charge is 0.323 e. The summed E-state index contributed by atoms with van der Waals surface area (Å²) in [5.41, 5.74) is -0.766. The number of nitrogens with one attached hydrogen (secondary N) is 1. The minimum absolute atomic E-state index is 0.607. The van der Waals surface area contributed by atoms with Gasteiger partial charge in [0, 0.05) is 0 Å². The number of hydrogen-bond donors (Lipinski definition) is 2. The molecule has 0 aliphatic rings. The Hall–Kier alpha value is -0.610. The molecule has 0 saturated carbocycles. The Morgan fingerprint density at radius 3 is 2.40 bits per heavy atom. The highest BCUT2D eigenvalue weighted by molar-refractivity contribution is 5.78. The molecular weight excluding hydrogens is 192 g/mol. The van der Waals surface area contributed by atoms with Crippen LogP contribution in [0.4, 0.5) is 0 Å². The van der Waals surface area contributed by atoms with Crippen molar-refractivity contribution >= 4 is 5.97 Å². The fraction of sp³-hybridized carbons (Fsp3) is 0.909. The molecule has 0 aromatic heterocycles. The van der Waals surface area contributed by atoms with Gasteiger partial charge >= 0.3 is 5.97 Å². The molecule has 0 heterocycles. The molecule has 0 aliphatic heterocycles. The minimum Gasteiger partial charge on any atom is -0.480 e. The number of unbranched alkanes of at least 4 members (excludes halogenated alkanes) is 1. The van der Waals surface area contributed by atoms with E-state index in [1.165, 1.54) is 0 Å². The van der Waals surface area contributed by atoms with E-state index in [2.05, 4.69) is 10.2 Å². The van der Waals surface area contributed by atoms with Crippen LogP contribution in [0.3, 0.4) is 0 Å². The Bertz CT molecular complexity index is 195. The molecule has 0 aliphatic carbocycles. The van der Waals surface area contributed by atoms with Crippen molar-refractivity contribution in [3.8, 4) is 0 Å². The van der Waals surface area contributed by atoms with E-state index in [1.807, 2.05) is 21.0 Å². The van der Waals surface area contributed by atoms with Gasteiger partial charge in [0.25, 0.3) is 0 Å². The van der Waals surface area contributed by atoms with Gasteiger partial charge in [0.2, 0.25) is 0 Å². The lowest BCUT2D eigenvalue weighted by molar-refractivity contribution is -0.144. The number of hydrogen-bond acceptors (Lipinski definition) is 3. The normalized spacial score (nSPS) is 15.3. The van der Waals surface area contributed by atoms with Gasteiger partial charge in [-0.3, -0.25) is 4.79 Å².